The number of hydrogen-bond donors (Lipinski definition) is 0. The molecule has 0 aromatic heterocycles. The Balaban J connectivity index is 2.28. The Kier molecular flexibility index (Phi) is 3.72. The van der Waals surface area contributed by atoms with Crippen molar-refractivity contribution >= 4 is 11.6 Å². The Bertz CT molecular complexity index is 363. The molecule has 2 rings (SSSR count). The van der Waals surface area contributed by atoms with Gasteiger partial charge in [0.05, 0.1) is 24.7 Å². The summed E-state index contributed by atoms with van der Waals surface area (Å²) in [5.41, 5.74) is 2.42. The summed E-state index contributed by atoms with van der Waals surface area (Å²) in [6, 6.07) is 6.15. The molecule has 1 aliphatic rings. The molecular weight excluding hydrogens is 224 g/mol. The molecule has 0 fully saturated rings. The first-order valence-corrected chi connectivity index (χ1v) is 6.12. The number of rotatable bonds is 2. The van der Waals surface area contributed by atoms with Crippen LogP contribution in [-0.2, 0) is 11.2 Å². The highest BCUT2D eigenvalue weighted by molar-refractivity contribution is 6.21. The van der Waals surface area contributed by atoms with Crippen molar-refractivity contribution in [3.63, 3.8) is 0 Å². The van der Waals surface area contributed by atoms with Gasteiger partial charge in [0.1, 0.15) is 5.75 Å². The van der Waals surface area contributed by atoms with Gasteiger partial charge in [-0.25, -0.2) is 0 Å². The van der Waals surface area contributed by atoms with Crippen LogP contribution in [0, 0.1) is 0 Å². The van der Waals surface area contributed by atoms with Gasteiger partial charge in [-0.05, 0) is 43.5 Å². The highest BCUT2D eigenvalue weighted by Crippen LogP contribution is 2.31. The van der Waals surface area contributed by atoms with E-state index in [0.29, 0.717) is 6.61 Å². The summed E-state index contributed by atoms with van der Waals surface area (Å²) < 4.78 is 11.1. The van der Waals surface area contributed by atoms with Crippen molar-refractivity contribution in [1.29, 1.82) is 0 Å². The first-order valence-electron chi connectivity index (χ1n) is 5.68. The molecule has 2 nitrogen and oxygen atoms in total. The van der Waals surface area contributed by atoms with Crippen LogP contribution in [0.15, 0.2) is 18.2 Å². The van der Waals surface area contributed by atoms with Crippen molar-refractivity contribution in [3.05, 3.63) is 29.3 Å². The molecular formula is C13H17ClO2. The van der Waals surface area contributed by atoms with Gasteiger partial charge in [-0.15, -0.1) is 11.6 Å². The van der Waals surface area contributed by atoms with Crippen molar-refractivity contribution in [3.8, 4) is 5.75 Å². The largest absolute Gasteiger partial charge is 0.491 e. The zero-order valence-corrected chi connectivity index (χ0v) is 10.5. The molecule has 16 heavy (non-hydrogen) atoms. The van der Waals surface area contributed by atoms with E-state index in [2.05, 4.69) is 6.07 Å². The lowest BCUT2D eigenvalue weighted by molar-refractivity contribution is 0.143. The molecule has 0 amide bonds. The van der Waals surface area contributed by atoms with Crippen molar-refractivity contribution in [1.82, 2.24) is 0 Å². The molecule has 0 radical (unpaired) electrons. The molecule has 1 unspecified atom stereocenters. The van der Waals surface area contributed by atoms with Crippen LogP contribution in [0.5, 0.6) is 5.75 Å². The molecule has 0 aliphatic carbocycles. The maximum Gasteiger partial charge on any atom is 0.120 e. The predicted molar refractivity (Wildman–Crippen MR) is 65.3 cm³/mol. The molecule has 0 spiro atoms. The maximum absolute atomic E-state index is 6.28. The molecule has 0 saturated heterocycles. The van der Waals surface area contributed by atoms with Gasteiger partial charge in [0.2, 0.25) is 0 Å². The zero-order chi connectivity index (χ0) is 11.5. The van der Waals surface area contributed by atoms with E-state index in [1.54, 1.807) is 0 Å². The predicted octanol–water partition coefficient (Wildman–Crippen LogP) is 3.33. The van der Waals surface area contributed by atoms with Crippen LogP contribution >= 0.6 is 11.6 Å². The SMILES string of the molecule is CC(C)Oc1ccc2c(c1)C(Cl)COCC2. The first kappa shape index (κ1) is 11.7. The van der Waals surface area contributed by atoms with E-state index >= 15 is 0 Å². The second-order valence-corrected chi connectivity index (χ2v) is 4.85. The van der Waals surface area contributed by atoms with Gasteiger partial charge in [0.25, 0.3) is 0 Å². The molecule has 1 heterocycles. The average molecular weight is 241 g/mol. The molecule has 1 aliphatic heterocycles. The Morgan fingerprint density at radius 3 is 3.00 bits per heavy atom. The van der Waals surface area contributed by atoms with E-state index in [-0.39, 0.29) is 11.5 Å². The number of benzene rings is 1. The Morgan fingerprint density at radius 1 is 1.44 bits per heavy atom. The summed E-state index contributed by atoms with van der Waals surface area (Å²) in [4.78, 5) is 0. The number of hydrogen-bond acceptors (Lipinski definition) is 2. The van der Waals surface area contributed by atoms with Crippen molar-refractivity contribution in [2.24, 2.45) is 0 Å². The minimum Gasteiger partial charge on any atom is -0.491 e. The minimum absolute atomic E-state index is 0.0618. The smallest absolute Gasteiger partial charge is 0.120 e. The van der Waals surface area contributed by atoms with Crippen LogP contribution in [0.3, 0.4) is 0 Å². The molecule has 88 valence electrons. The topological polar surface area (TPSA) is 18.5 Å². The van der Waals surface area contributed by atoms with Gasteiger partial charge < -0.3 is 9.47 Å². The van der Waals surface area contributed by atoms with E-state index in [4.69, 9.17) is 21.1 Å². The lowest BCUT2D eigenvalue weighted by Crippen LogP contribution is -2.06. The Hall–Kier alpha value is -0.730. The van der Waals surface area contributed by atoms with Crippen LogP contribution < -0.4 is 4.74 Å². The highest BCUT2D eigenvalue weighted by Gasteiger charge is 2.17. The molecule has 0 N–H and O–H groups in total. The third-order valence-electron chi connectivity index (χ3n) is 2.61. The quantitative estimate of drug-likeness (QED) is 0.739. The average Bonchev–Trinajstić information content (AvgIpc) is 2.41. The summed E-state index contributed by atoms with van der Waals surface area (Å²) in [6.07, 6.45) is 1.12. The Labute approximate surface area is 102 Å². The van der Waals surface area contributed by atoms with E-state index < -0.39 is 0 Å². The van der Waals surface area contributed by atoms with Gasteiger partial charge in [0.15, 0.2) is 0 Å². The second kappa shape index (κ2) is 5.07. The fraction of sp³-hybridized carbons (Fsp3) is 0.538. The van der Waals surface area contributed by atoms with Crippen molar-refractivity contribution < 1.29 is 9.47 Å². The summed E-state index contributed by atoms with van der Waals surface area (Å²) in [7, 11) is 0. The number of halogens is 1. The van der Waals surface area contributed by atoms with E-state index in [0.717, 1.165) is 24.3 Å². The standard InChI is InChI=1S/C13H17ClO2/c1-9(2)16-11-4-3-10-5-6-15-8-13(14)12(10)7-11/h3-4,7,9,13H,5-6,8H2,1-2H3. The summed E-state index contributed by atoms with van der Waals surface area (Å²) >= 11 is 6.28. The molecule has 0 bridgehead atoms. The van der Waals surface area contributed by atoms with E-state index in [1.165, 1.54) is 5.56 Å². The van der Waals surface area contributed by atoms with Crippen molar-refractivity contribution in [2.45, 2.75) is 31.7 Å². The lowest BCUT2D eigenvalue weighted by Gasteiger charge is -2.14. The second-order valence-electron chi connectivity index (χ2n) is 4.32. The highest BCUT2D eigenvalue weighted by atomic mass is 35.5. The van der Waals surface area contributed by atoms with Gasteiger partial charge in [-0.1, -0.05) is 6.07 Å². The van der Waals surface area contributed by atoms with Gasteiger partial charge in [-0.2, -0.15) is 0 Å². The minimum atomic E-state index is -0.0618. The number of fused-ring (bicyclic) bond motifs is 1. The van der Waals surface area contributed by atoms with Crippen LogP contribution in [-0.4, -0.2) is 19.3 Å². The Morgan fingerprint density at radius 2 is 2.25 bits per heavy atom. The lowest BCUT2D eigenvalue weighted by atomic mass is 10.0. The summed E-state index contributed by atoms with van der Waals surface area (Å²) in [5, 5.41) is -0.0618. The van der Waals surface area contributed by atoms with Gasteiger partial charge >= 0.3 is 0 Å². The summed E-state index contributed by atoms with van der Waals surface area (Å²) in [6.45, 7) is 5.38. The zero-order valence-electron chi connectivity index (χ0n) is 9.70. The monoisotopic (exact) mass is 240 g/mol. The third kappa shape index (κ3) is 2.69. The fourth-order valence-corrected chi connectivity index (χ4v) is 2.19. The maximum atomic E-state index is 6.28. The van der Waals surface area contributed by atoms with Gasteiger partial charge in [0, 0.05) is 0 Å². The van der Waals surface area contributed by atoms with Crippen LogP contribution in [0.25, 0.3) is 0 Å². The summed E-state index contributed by atoms with van der Waals surface area (Å²) in [5.74, 6) is 0.890. The third-order valence-corrected chi connectivity index (χ3v) is 2.97. The molecule has 3 heteroatoms. The fourth-order valence-electron chi connectivity index (χ4n) is 1.90. The van der Waals surface area contributed by atoms with Crippen LogP contribution in [0.4, 0.5) is 0 Å². The van der Waals surface area contributed by atoms with Crippen LogP contribution in [0.2, 0.25) is 0 Å². The van der Waals surface area contributed by atoms with Crippen molar-refractivity contribution in [2.75, 3.05) is 13.2 Å². The van der Waals surface area contributed by atoms with E-state index in [9.17, 15) is 0 Å². The van der Waals surface area contributed by atoms with Gasteiger partial charge in [-0.3, -0.25) is 0 Å². The molecule has 1 aromatic carbocycles. The molecule has 1 aromatic rings. The number of alkyl halides is 1. The first-order chi connectivity index (χ1) is 7.66. The molecule has 0 saturated carbocycles. The van der Waals surface area contributed by atoms with Crippen LogP contribution in [0.1, 0.15) is 30.4 Å². The van der Waals surface area contributed by atoms with E-state index in [1.807, 2.05) is 26.0 Å². The number of ether oxygens (including phenoxy) is 2. The normalized spacial score (nSPS) is 20.4. The molecule has 1 atom stereocenters.